The van der Waals surface area contributed by atoms with E-state index in [1.165, 1.54) is 4.90 Å². The van der Waals surface area contributed by atoms with Crippen LogP contribution < -0.4 is 20.3 Å². The number of ether oxygens (including phenoxy) is 1. The van der Waals surface area contributed by atoms with Crippen molar-refractivity contribution in [3.8, 4) is 5.75 Å². The number of halogens is 1. The number of rotatable bonds is 10. The van der Waals surface area contributed by atoms with E-state index in [0.29, 0.717) is 28.6 Å². The molecule has 0 saturated heterocycles. The lowest BCUT2D eigenvalue weighted by molar-refractivity contribution is -0.895. The Balaban J connectivity index is 1.79. The maximum Gasteiger partial charge on any atom is 0.262 e. The van der Waals surface area contributed by atoms with Gasteiger partial charge in [-0.2, -0.15) is 0 Å². The first-order valence-electron chi connectivity index (χ1n) is 9.83. The van der Waals surface area contributed by atoms with E-state index in [1.807, 2.05) is 6.92 Å². The summed E-state index contributed by atoms with van der Waals surface area (Å²) < 4.78 is 5.48. The molecule has 0 saturated carbocycles. The van der Waals surface area contributed by atoms with E-state index >= 15 is 0 Å². The third-order valence-electron chi connectivity index (χ3n) is 4.69. The summed E-state index contributed by atoms with van der Waals surface area (Å²) in [5.41, 5.74) is 2.05. The van der Waals surface area contributed by atoms with Gasteiger partial charge in [-0.1, -0.05) is 11.6 Å². The largest absolute Gasteiger partial charge is 0.484 e. The lowest BCUT2D eigenvalue weighted by Gasteiger charge is -2.15. The van der Waals surface area contributed by atoms with Gasteiger partial charge in [-0.05, 0) is 68.8 Å². The van der Waals surface area contributed by atoms with Crippen molar-refractivity contribution < 1.29 is 19.2 Å². The Kier molecular flexibility index (Phi) is 8.96. The third kappa shape index (κ3) is 7.40. The van der Waals surface area contributed by atoms with Crippen LogP contribution in [0.3, 0.4) is 0 Å². The molecule has 7 heteroatoms. The van der Waals surface area contributed by atoms with E-state index in [0.717, 1.165) is 25.2 Å². The number of anilines is 1. The second kappa shape index (κ2) is 11.4. The zero-order valence-corrected chi connectivity index (χ0v) is 17.9. The van der Waals surface area contributed by atoms with Crippen LogP contribution in [0, 0.1) is 6.92 Å². The lowest BCUT2D eigenvalue weighted by atomic mass is 10.2. The smallest absolute Gasteiger partial charge is 0.262 e. The Bertz CT molecular complexity index is 821. The number of benzene rings is 2. The molecule has 2 aromatic rings. The van der Waals surface area contributed by atoms with Crippen molar-refractivity contribution in [1.29, 1.82) is 0 Å². The normalized spacial score (nSPS) is 10.7. The molecule has 6 nitrogen and oxygen atoms in total. The minimum Gasteiger partial charge on any atom is -0.484 e. The molecule has 0 radical (unpaired) electrons. The zero-order valence-electron chi connectivity index (χ0n) is 17.2. The third-order valence-corrected chi connectivity index (χ3v) is 5.12. The van der Waals surface area contributed by atoms with E-state index in [-0.39, 0.29) is 18.4 Å². The molecule has 0 aliphatic heterocycles. The summed E-state index contributed by atoms with van der Waals surface area (Å²) >= 11 is 5.98. The Morgan fingerprint density at radius 2 is 1.76 bits per heavy atom. The van der Waals surface area contributed by atoms with Gasteiger partial charge in [-0.15, -0.1) is 0 Å². The zero-order chi connectivity index (χ0) is 21.2. The molecule has 0 heterocycles. The van der Waals surface area contributed by atoms with Crippen LogP contribution >= 0.6 is 11.6 Å². The predicted molar refractivity (Wildman–Crippen MR) is 116 cm³/mol. The fourth-order valence-corrected chi connectivity index (χ4v) is 2.93. The fourth-order valence-electron chi connectivity index (χ4n) is 2.82. The maximum absolute atomic E-state index is 12.2. The molecule has 0 fully saturated rings. The number of carbonyl (C=O) groups is 2. The molecule has 0 aliphatic rings. The first-order chi connectivity index (χ1) is 13.9. The van der Waals surface area contributed by atoms with Gasteiger partial charge < -0.3 is 20.3 Å². The summed E-state index contributed by atoms with van der Waals surface area (Å²) in [7, 11) is 0. The van der Waals surface area contributed by atoms with Crippen LogP contribution in [0.2, 0.25) is 5.02 Å². The van der Waals surface area contributed by atoms with Gasteiger partial charge in [0.2, 0.25) is 0 Å². The van der Waals surface area contributed by atoms with Crippen LogP contribution in [0.15, 0.2) is 42.5 Å². The van der Waals surface area contributed by atoms with Gasteiger partial charge in [0.25, 0.3) is 11.8 Å². The SMILES string of the molecule is CC[NH+](CC)CCNC(=O)c1ccc(NC(=O)COc2ccc(Cl)c(C)c2)cc1. The average molecular weight is 419 g/mol. The highest BCUT2D eigenvalue weighted by Gasteiger charge is 2.09. The highest BCUT2D eigenvalue weighted by Crippen LogP contribution is 2.21. The van der Waals surface area contributed by atoms with E-state index in [2.05, 4.69) is 24.5 Å². The summed E-state index contributed by atoms with van der Waals surface area (Å²) in [6.45, 7) is 9.65. The van der Waals surface area contributed by atoms with Crippen LogP contribution in [-0.2, 0) is 4.79 Å². The molecule has 0 spiro atoms. The Morgan fingerprint density at radius 1 is 1.07 bits per heavy atom. The van der Waals surface area contributed by atoms with Crippen molar-refractivity contribution in [2.45, 2.75) is 20.8 Å². The first-order valence-corrected chi connectivity index (χ1v) is 10.2. The van der Waals surface area contributed by atoms with Gasteiger partial charge in [0.1, 0.15) is 5.75 Å². The second-order valence-electron chi connectivity index (χ2n) is 6.79. The number of carbonyl (C=O) groups excluding carboxylic acids is 2. The Morgan fingerprint density at radius 3 is 2.38 bits per heavy atom. The van der Waals surface area contributed by atoms with Gasteiger partial charge in [-0.25, -0.2) is 0 Å². The quantitative estimate of drug-likeness (QED) is 0.554. The molecule has 0 aliphatic carbocycles. The molecule has 2 rings (SSSR count). The van der Waals surface area contributed by atoms with Crippen molar-refractivity contribution in [1.82, 2.24) is 5.32 Å². The molecule has 0 aromatic heterocycles. The molecule has 156 valence electrons. The van der Waals surface area contributed by atoms with E-state index < -0.39 is 0 Å². The number of aryl methyl sites for hydroxylation is 1. The minimum atomic E-state index is -0.281. The van der Waals surface area contributed by atoms with E-state index in [1.54, 1.807) is 42.5 Å². The summed E-state index contributed by atoms with van der Waals surface area (Å²) in [4.78, 5) is 25.7. The highest BCUT2D eigenvalue weighted by atomic mass is 35.5. The van der Waals surface area contributed by atoms with Crippen LogP contribution in [-0.4, -0.2) is 44.6 Å². The second-order valence-corrected chi connectivity index (χ2v) is 7.20. The van der Waals surface area contributed by atoms with Crippen molar-refractivity contribution in [3.63, 3.8) is 0 Å². The summed E-state index contributed by atoms with van der Waals surface area (Å²) in [6.07, 6.45) is 0. The van der Waals surface area contributed by atoms with Crippen LogP contribution in [0.25, 0.3) is 0 Å². The van der Waals surface area contributed by atoms with Gasteiger partial charge in [0.05, 0.1) is 26.2 Å². The fraction of sp³-hybridized carbons (Fsp3) is 0.364. The number of amides is 2. The van der Waals surface area contributed by atoms with Crippen LogP contribution in [0.4, 0.5) is 5.69 Å². The number of nitrogens with one attached hydrogen (secondary N) is 3. The monoisotopic (exact) mass is 418 g/mol. The highest BCUT2D eigenvalue weighted by molar-refractivity contribution is 6.31. The number of likely N-dealkylation sites (N-methyl/N-ethyl adjacent to an activating group) is 1. The lowest BCUT2D eigenvalue weighted by Crippen LogP contribution is -3.12. The molecular weight excluding hydrogens is 390 g/mol. The van der Waals surface area contributed by atoms with Crippen LogP contribution in [0.5, 0.6) is 5.75 Å². The van der Waals surface area contributed by atoms with Gasteiger partial charge >= 0.3 is 0 Å². The van der Waals surface area contributed by atoms with E-state index in [4.69, 9.17) is 16.3 Å². The average Bonchev–Trinajstić information content (AvgIpc) is 2.72. The number of hydrogen-bond acceptors (Lipinski definition) is 3. The Hall–Kier alpha value is -2.57. The predicted octanol–water partition coefficient (Wildman–Crippen LogP) is 2.32. The van der Waals surface area contributed by atoms with Crippen molar-refractivity contribution in [2.24, 2.45) is 0 Å². The molecule has 2 amide bonds. The van der Waals surface area contributed by atoms with Gasteiger partial charge in [0, 0.05) is 16.3 Å². The maximum atomic E-state index is 12.2. The van der Waals surface area contributed by atoms with E-state index in [9.17, 15) is 9.59 Å². The summed E-state index contributed by atoms with van der Waals surface area (Å²) in [5.74, 6) is 0.188. The topological polar surface area (TPSA) is 71.9 Å². The number of quaternary nitrogens is 1. The first kappa shape index (κ1) is 22.7. The molecule has 3 N–H and O–H groups in total. The summed E-state index contributed by atoms with van der Waals surface area (Å²) in [6, 6.07) is 12.0. The molecule has 2 aromatic carbocycles. The Labute approximate surface area is 177 Å². The molecule has 0 atom stereocenters. The van der Waals surface area contributed by atoms with Crippen LogP contribution in [0.1, 0.15) is 29.8 Å². The minimum absolute atomic E-state index is 0.114. The van der Waals surface area contributed by atoms with Gasteiger partial charge in [-0.3, -0.25) is 9.59 Å². The molecule has 29 heavy (non-hydrogen) atoms. The van der Waals surface area contributed by atoms with Gasteiger partial charge in [0.15, 0.2) is 6.61 Å². The van der Waals surface area contributed by atoms with Crippen molar-refractivity contribution in [3.05, 3.63) is 58.6 Å². The van der Waals surface area contributed by atoms with Crippen molar-refractivity contribution >= 4 is 29.1 Å². The molecule has 0 bridgehead atoms. The standard InChI is InChI=1S/C22H28ClN3O3/c1-4-26(5-2)13-12-24-22(28)17-6-8-18(9-7-17)25-21(27)15-29-19-10-11-20(23)16(3)14-19/h6-11,14H,4-5,12-13,15H2,1-3H3,(H,24,28)(H,25,27)/p+1. The number of hydrogen-bond donors (Lipinski definition) is 3. The molecule has 0 unspecified atom stereocenters. The summed E-state index contributed by atoms with van der Waals surface area (Å²) in [5, 5.41) is 6.33. The molecular formula is C22H29ClN3O3+. The van der Waals surface area contributed by atoms with Crippen molar-refractivity contribution in [2.75, 3.05) is 38.1 Å².